The predicted octanol–water partition coefficient (Wildman–Crippen LogP) is 1.43. The fourth-order valence-electron chi connectivity index (χ4n) is 4.01. The van der Waals surface area contributed by atoms with Crippen molar-refractivity contribution in [3.05, 3.63) is 64.2 Å². The molecule has 3 heterocycles. The quantitative estimate of drug-likeness (QED) is 0.658. The van der Waals surface area contributed by atoms with Gasteiger partial charge in [-0.1, -0.05) is 18.2 Å². The van der Waals surface area contributed by atoms with Crippen molar-refractivity contribution in [2.75, 3.05) is 32.7 Å². The maximum Gasteiger partial charge on any atom is 0.266 e. The molecule has 152 valence electrons. The van der Waals surface area contributed by atoms with Gasteiger partial charge in [-0.15, -0.1) is 0 Å². The van der Waals surface area contributed by atoms with Gasteiger partial charge in [0.25, 0.3) is 5.56 Å². The first-order chi connectivity index (χ1) is 14.0. The second-order valence-electron chi connectivity index (χ2n) is 7.72. The summed E-state index contributed by atoms with van der Waals surface area (Å²) in [7, 11) is 2.02. The third kappa shape index (κ3) is 4.24. The van der Waals surface area contributed by atoms with Crippen LogP contribution in [0.5, 0.6) is 0 Å². The summed E-state index contributed by atoms with van der Waals surface area (Å²) in [6, 6.07) is 11.5. The van der Waals surface area contributed by atoms with Crippen LogP contribution in [0, 0.1) is 6.92 Å². The van der Waals surface area contributed by atoms with Crippen LogP contribution in [0.15, 0.2) is 47.4 Å². The Bertz CT molecular complexity index is 1080. The second kappa shape index (κ2) is 8.21. The van der Waals surface area contributed by atoms with Crippen molar-refractivity contribution in [2.24, 2.45) is 7.05 Å². The standard InChI is InChI=1S/C22H27N5O2/c1-17-7-8-21(28)27(23-17)14-11-25-9-12-26(13-10-25)22(29)15-18-16-24(2)20-6-4-3-5-19(18)20/h3-8,16H,9-15H2,1-2H3. The van der Waals surface area contributed by atoms with E-state index in [1.807, 2.05) is 31.0 Å². The molecule has 0 unspecified atom stereocenters. The highest BCUT2D eigenvalue weighted by atomic mass is 16.2. The third-order valence-electron chi connectivity index (χ3n) is 5.67. The molecule has 0 spiro atoms. The molecule has 1 fully saturated rings. The number of piperazine rings is 1. The smallest absolute Gasteiger partial charge is 0.266 e. The fraction of sp³-hybridized carbons (Fsp3) is 0.409. The highest BCUT2D eigenvalue weighted by Crippen LogP contribution is 2.21. The molecule has 0 aliphatic carbocycles. The molecule has 1 aliphatic rings. The van der Waals surface area contributed by atoms with Gasteiger partial charge in [-0.2, -0.15) is 5.10 Å². The minimum atomic E-state index is -0.0699. The van der Waals surface area contributed by atoms with Gasteiger partial charge in [0.05, 0.1) is 18.7 Å². The Morgan fingerprint density at radius 1 is 1.03 bits per heavy atom. The van der Waals surface area contributed by atoms with E-state index < -0.39 is 0 Å². The molecule has 0 radical (unpaired) electrons. The fourth-order valence-corrected chi connectivity index (χ4v) is 4.01. The van der Waals surface area contributed by atoms with Crippen LogP contribution in [0.4, 0.5) is 0 Å². The number of hydrogen-bond donors (Lipinski definition) is 0. The highest BCUT2D eigenvalue weighted by molar-refractivity contribution is 5.89. The van der Waals surface area contributed by atoms with Crippen LogP contribution in [0.25, 0.3) is 10.9 Å². The summed E-state index contributed by atoms with van der Waals surface area (Å²) in [5.74, 6) is 0.178. The van der Waals surface area contributed by atoms with E-state index >= 15 is 0 Å². The first-order valence-corrected chi connectivity index (χ1v) is 10.1. The average molecular weight is 393 g/mol. The third-order valence-corrected chi connectivity index (χ3v) is 5.67. The van der Waals surface area contributed by atoms with Crippen molar-refractivity contribution in [3.8, 4) is 0 Å². The van der Waals surface area contributed by atoms with Gasteiger partial charge in [0, 0.05) is 62.9 Å². The summed E-state index contributed by atoms with van der Waals surface area (Å²) < 4.78 is 3.60. The Labute approximate surface area is 170 Å². The SMILES string of the molecule is Cc1ccc(=O)n(CCN2CCN(C(=O)Cc3cn(C)c4ccccc34)CC2)n1. The number of amides is 1. The number of aromatic nitrogens is 3. The summed E-state index contributed by atoms with van der Waals surface area (Å²) in [5.41, 5.74) is 3.01. The number of carbonyl (C=O) groups excluding carboxylic acids is 1. The monoisotopic (exact) mass is 393 g/mol. The minimum Gasteiger partial charge on any atom is -0.350 e. The normalized spacial score (nSPS) is 15.2. The molecule has 0 N–H and O–H groups in total. The molecule has 1 aliphatic heterocycles. The van der Waals surface area contributed by atoms with Gasteiger partial charge in [-0.05, 0) is 24.6 Å². The predicted molar refractivity (Wildman–Crippen MR) is 113 cm³/mol. The molecular formula is C22H27N5O2. The molecule has 3 aromatic rings. The molecule has 7 heteroatoms. The molecular weight excluding hydrogens is 366 g/mol. The number of benzene rings is 1. The van der Waals surface area contributed by atoms with Gasteiger partial charge in [-0.25, -0.2) is 4.68 Å². The Balaban J connectivity index is 1.31. The van der Waals surface area contributed by atoms with Crippen LogP contribution in [-0.2, 0) is 24.8 Å². The maximum absolute atomic E-state index is 12.8. The van der Waals surface area contributed by atoms with Crippen molar-refractivity contribution < 1.29 is 4.79 Å². The van der Waals surface area contributed by atoms with E-state index in [0.717, 1.165) is 54.9 Å². The number of aryl methyl sites for hydroxylation is 2. The Hall–Kier alpha value is -2.93. The lowest BCUT2D eigenvalue weighted by molar-refractivity contribution is -0.132. The number of fused-ring (bicyclic) bond motifs is 1. The van der Waals surface area contributed by atoms with Crippen LogP contribution in [0.1, 0.15) is 11.3 Å². The number of para-hydroxylation sites is 1. The molecule has 29 heavy (non-hydrogen) atoms. The molecule has 7 nitrogen and oxygen atoms in total. The summed E-state index contributed by atoms with van der Waals surface area (Å²) in [6.07, 6.45) is 2.50. The van der Waals surface area contributed by atoms with E-state index in [1.165, 1.54) is 4.68 Å². The van der Waals surface area contributed by atoms with Crippen molar-refractivity contribution in [2.45, 2.75) is 19.9 Å². The van der Waals surface area contributed by atoms with E-state index in [4.69, 9.17) is 0 Å². The van der Waals surface area contributed by atoms with E-state index in [1.54, 1.807) is 12.1 Å². The minimum absolute atomic E-state index is 0.0699. The van der Waals surface area contributed by atoms with Gasteiger partial charge in [0.15, 0.2) is 0 Å². The summed E-state index contributed by atoms with van der Waals surface area (Å²) in [4.78, 5) is 29.0. The molecule has 1 amide bonds. The number of hydrogen-bond acceptors (Lipinski definition) is 4. The molecule has 1 aromatic carbocycles. The zero-order valence-corrected chi connectivity index (χ0v) is 17.0. The molecule has 4 rings (SSSR count). The average Bonchev–Trinajstić information content (AvgIpc) is 3.05. The van der Waals surface area contributed by atoms with Gasteiger partial charge >= 0.3 is 0 Å². The largest absolute Gasteiger partial charge is 0.350 e. The first-order valence-electron chi connectivity index (χ1n) is 10.1. The van der Waals surface area contributed by atoms with Crippen LogP contribution >= 0.6 is 0 Å². The van der Waals surface area contributed by atoms with E-state index in [-0.39, 0.29) is 11.5 Å². The summed E-state index contributed by atoms with van der Waals surface area (Å²) in [6.45, 7) is 6.31. The van der Waals surface area contributed by atoms with E-state index in [2.05, 4.69) is 32.9 Å². The van der Waals surface area contributed by atoms with E-state index in [0.29, 0.717) is 13.0 Å². The second-order valence-corrected chi connectivity index (χ2v) is 7.72. The van der Waals surface area contributed by atoms with Crippen LogP contribution in [0.2, 0.25) is 0 Å². The highest BCUT2D eigenvalue weighted by Gasteiger charge is 2.22. The van der Waals surface area contributed by atoms with Gasteiger partial charge < -0.3 is 9.47 Å². The zero-order valence-electron chi connectivity index (χ0n) is 17.0. The first kappa shape index (κ1) is 19.4. The van der Waals surface area contributed by atoms with Gasteiger partial charge in [0.1, 0.15) is 0 Å². The molecule has 2 aromatic heterocycles. The van der Waals surface area contributed by atoms with Crippen molar-refractivity contribution in [3.63, 3.8) is 0 Å². The molecule has 1 saturated heterocycles. The van der Waals surface area contributed by atoms with Crippen molar-refractivity contribution >= 4 is 16.8 Å². The van der Waals surface area contributed by atoms with E-state index in [9.17, 15) is 9.59 Å². The van der Waals surface area contributed by atoms with Crippen LogP contribution in [0.3, 0.4) is 0 Å². The number of rotatable bonds is 5. The lowest BCUT2D eigenvalue weighted by Gasteiger charge is -2.34. The van der Waals surface area contributed by atoms with Gasteiger partial charge in [0.2, 0.25) is 5.91 Å². The number of nitrogens with zero attached hydrogens (tertiary/aromatic N) is 5. The van der Waals surface area contributed by atoms with Gasteiger partial charge in [-0.3, -0.25) is 14.5 Å². The Morgan fingerprint density at radius 3 is 2.59 bits per heavy atom. The van der Waals surface area contributed by atoms with Crippen LogP contribution in [-0.4, -0.2) is 62.8 Å². The molecule has 0 atom stereocenters. The van der Waals surface area contributed by atoms with Crippen LogP contribution < -0.4 is 5.56 Å². The summed E-state index contributed by atoms with van der Waals surface area (Å²) in [5, 5.41) is 5.44. The summed E-state index contributed by atoms with van der Waals surface area (Å²) >= 11 is 0. The Morgan fingerprint density at radius 2 is 1.79 bits per heavy atom. The van der Waals surface area contributed by atoms with Crippen molar-refractivity contribution in [1.29, 1.82) is 0 Å². The lowest BCUT2D eigenvalue weighted by atomic mass is 10.1. The number of carbonyl (C=O) groups is 1. The van der Waals surface area contributed by atoms with Crippen molar-refractivity contribution in [1.82, 2.24) is 24.1 Å². The topological polar surface area (TPSA) is 63.4 Å². The lowest BCUT2D eigenvalue weighted by Crippen LogP contribution is -2.50. The zero-order chi connectivity index (χ0) is 20.4. The molecule has 0 saturated carbocycles. The Kier molecular flexibility index (Phi) is 5.49. The molecule has 0 bridgehead atoms. The maximum atomic E-state index is 12.8.